The second kappa shape index (κ2) is 6.47. The lowest BCUT2D eigenvalue weighted by Gasteiger charge is -2.30. The monoisotopic (exact) mass is 326 g/mol. The first-order chi connectivity index (χ1) is 8.88. The molecule has 0 unspecified atom stereocenters. The first-order valence-electron chi connectivity index (χ1n) is 5.65. The summed E-state index contributed by atoms with van der Waals surface area (Å²) < 4.78 is 0. The van der Waals surface area contributed by atoms with Crippen molar-refractivity contribution < 1.29 is 14.4 Å². The van der Waals surface area contributed by atoms with Crippen molar-refractivity contribution in [2.75, 3.05) is 5.01 Å². The smallest absolute Gasteiger partial charge is 0.245 e. The Hall–Kier alpha value is -1.69. The normalized spacial score (nSPS) is 9.89. The fraction of sp³-hybridized carbons (Fsp3) is 0.308. The molecule has 0 aliphatic heterocycles. The summed E-state index contributed by atoms with van der Waals surface area (Å²) in [4.78, 5) is 34.8. The molecule has 0 saturated carbocycles. The van der Waals surface area contributed by atoms with E-state index in [1.54, 1.807) is 12.1 Å². The van der Waals surface area contributed by atoms with Gasteiger partial charge in [0.15, 0.2) is 0 Å². The zero-order valence-electron chi connectivity index (χ0n) is 11.0. The summed E-state index contributed by atoms with van der Waals surface area (Å²) in [7, 11) is 0. The maximum Gasteiger partial charge on any atom is 0.245 e. The molecule has 1 aromatic carbocycles. The summed E-state index contributed by atoms with van der Waals surface area (Å²) in [5.74, 6) is -1.42. The van der Waals surface area contributed by atoms with Crippen LogP contribution in [-0.2, 0) is 19.7 Å². The molecule has 6 heteroatoms. The molecule has 5 nitrogen and oxygen atoms in total. The third-order valence-electron chi connectivity index (χ3n) is 2.43. The molecule has 0 spiro atoms. The standard InChI is InChI=1S/C13H15BrN2O3/c1-9(17)15(10(2)18)16(11(3)19)13-6-4-12(8-14)5-7-13/h4-7H,8H2,1-3H3. The van der Waals surface area contributed by atoms with Crippen LogP contribution < -0.4 is 5.01 Å². The highest BCUT2D eigenvalue weighted by Gasteiger charge is 2.26. The Morgan fingerprint density at radius 2 is 1.42 bits per heavy atom. The van der Waals surface area contributed by atoms with Crippen molar-refractivity contribution in [3.8, 4) is 0 Å². The molecule has 0 atom stereocenters. The first-order valence-corrected chi connectivity index (χ1v) is 6.77. The number of hydrogen-bond acceptors (Lipinski definition) is 3. The van der Waals surface area contributed by atoms with E-state index in [4.69, 9.17) is 0 Å². The van der Waals surface area contributed by atoms with Gasteiger partial charge in [-0.25, -0.2) is 5.01 Å². The maximum atomic E-state index is 11.7. The summed E-state index contributed by atoms with van der Waals surface area (Å²) in [6.07, 6.45) is 0. The van der Waals surface area contributed by atoms with Crippen LogP contribution in [0.5, 0.6) is 0 Å². The molecule has 0 radical (unpaired) electrons. The van der Waals surface area contributed by atoms with Gasteiger partial charge in [-0.3, -0.25) is 14.4 Å². The molecule has 0 N–H and O–H groups in total. The van der Waals surface area contributed by atoms with E-state index >= 15 is 0 Å². The van der Waals surface area contributed by atoms with Crippen LogP contribution in [0.4, 0.5) is 5.69 Å². The summed E-state index contributed by atoms with van der Waals surface area (Å²) in [5, 5.41) is 2.59. The molecule has 0 aromatic heterocycles. The number of benzene rings is 1. The molecule has 0 saturated heterocycles. The van der Waals surface area contributed by atoms with Crippen molar-refractivity contribution in [1.29, 1.82) is 0 Å². The van der Waals surface area contributed by atoms with Crippen LogP contribution in [0.1, 0.15) is 26.3 Å². The number of halogens is 1. The topological polar surface area (TPSA) is 57.7 Å². The Labute approximate surface area is 120 Å². The Kier molecular flexibility index (Phi) is 5.23. The van der Waals surface area contributed by atoms with Crippen LogP contribution in [-0.4, -0.2) is 22.7 Å². The van der Waals surface area contributed by atoms with E-state index in [1.807, 2.05) is 12.1 Å². The quantitative estimate of drug-likeness (QED) is 0.618. The van der Waals surface area contributed by atoms with Gasteiger partial charge in [0.2, 0.25) is 17.7 Å². The number of amides is 3. The van der Waals surface area contributed by atoms with E-state index in [0.717, 1.165) is 15.6 Å². The lowest BCUT2D eigenvalue weighted by molar-refractivity contribution is -0.146. The van der Waals surface area contributed by atoms with E-state index < -0.39 is 17.7 Å². The fourth-order valence-corrected chi connectivity index (χ4v) is 2.04. The maximum absolute atomic E-state index is 11.7. The van der Waals surface area contributed by atoms with Crippen LogP contribution in [0.25, 0.3) is 0 Å². The van der Waals surface area contributed by atoms with Gasteiger partial charge in [0, 0.05) is 26.1 Å². The van der Waals surface area contributed by atoms with Gasteiger partial charge in [0.05, 0.1) is 5.69 Å². The Bertz CT molecular complexity index is 485. The summed E-state index contributed by atoms with van der Waals surface area (Å²) in [5.41, 5.74) is 1.51. The van der Waals surface area contributed by atoms with Crippen LogP contribution in [0, 0.1) is 0 Å². The first kappa shape index (κ1) is 15.4. The summed E-state index contributed by atoms with van der Waals surface area (Å²) in [6, 6.07) is 7.02. The second-order valence-corrected chi connectivity index (χ2v) is 4.54. The number of rotatable bonds is 2. The van der Waals surface area contributed by atoms with E-state index in [-0.39, 0.29) is 0 Å². The van der Waals surface area contributed by atoms with Crippen LogP contribution in [0.3, 0.4) is 0 Å². The molecule has 0 aliphatic carbocycles. The third kappa shape index (κ3) is 3.64. The molecule has 3 amide bonds. The number of hydrazine groups is 1. The number of imide groups is 1. The van der Waals surface area contributed by atoms with Crippen LogP contribution in [0.2, 0.25) is 0 Å². The van der Waals surface area contributed by atoms with Crippen molar-refractivity contribution in [2.45, 2.75) is 26.1 Å². The van der Waals surface area contributed by atoms with E-state index in [9.17, 15) is 14.4 Å². The van der Waals surface area contributed by atoms with Gasteiger partial charge >= 0.3 is 0 Å². The van der Waals surface area contributed by atoms with Crippen molar-refractivity contribution >= 4 is 39.3 Å². The van der Waals surface area contributed by atoms with Gasteiger partial charge in [-0.15, -0.1) is 0 Å². The van der Waals surface area contributed by atoms with Gasteiger partial charge in [-0.1, -0.05) is 28.1 Å². The van der Waals surface area contributed by atoms with E-state index in [1.165, 1.54) is 20.8 Å². The number of alkyl halides is 1. The molecule has 0 heterocycles. The highest BCUT2D eigenvalue weighted by Crippen LogP contribution is 2.19. The minimum atomic E-state index is -0.507. The molecule has 102 valence electrons. The number of hydrogen-bond donors (Lipinski definition) is 0. The van der Waals surface area contributed by atoms with Gasteiger partial charge in [0.1, 0.15) is 0 Å². The number of carbonyl (C=O) groups excluding carboxylic acids is 3. The fourth-order valence-electron chi connectivity index (χ4n) is 1.67. The van der Waals surface area contributed by atoms with Gasteiger partial charge in [-0.2, -0.15) is 5.01 Å². The lowest BCUT2D eigenvalue weighted by atomic mass is 10.2. The minimum absolute atomic E-state index is 0.406. The van der Waals surface area contributed by atoms with Crippen LogP contribution in [0.15, 0.2) is 24.3 Å². The summed E-state index contributed by atoms with van der Waals surface area (Å²) >= 11 is 3.32. The molecular formula is C13H15BrN2O3. The van der Waals surface area contributed by atoms with Gasteiger partial charge in [0.25, 0.3) is 0 Å². The van der Waals surface area contributed by atoms with E-state index in [0.29, 0.717) is 11.0 Å². The molecule has 19 heavy (non-hydrogen) atoms. The SMILES string of the molecule is CC(=O)N(C(C)=O)N(C(C)=O)c1ccc(CBr)cc1. The average molecular weight is 327 g/mol. The Balaban J connectivity index is 3.22. The Morgan fingerprint density at radius 1 is 0.947 bits per heavy atom. The number of carbonyl (C=O) groups is 3. The van der Waals surface area contributed by atoms with Crippen molar-refractivity contribution in [1.82, 2.24) is 5.01 Å². The molecule has 0 bridgehead atoms. The second-order valence-electron chi connectivity index (χ2n) is 3.98. The minimum Gasteiger partial charge on any atom is -0.273 e. The largest absolute Gasteiger partial charge is 0.273 e. The van der Waals surface area contributed by atoms with Gasteiger partial charge < -0.3 is 0 Å². The highest BCUT2D eigenvalue weighted by molar-refractivity contribution is 9.08. The third-order valence-corrected chi connectivity index (χ3v) is 3.08. The van der Waals surface area contributed by atoms with Crippen molar-refractivity contribution in [3.05, 3.63) is 29.8 Å². The van der Waals surface area contributed by atoms with Crippen LogP contribution >= 0.6 is 15.9 Å². The lowest BCUT2D eigenvalue weighted by Crippen LogP contribution is -2.51. The van der Waals surface area contributed by atoms with Crippen molar-refractivity contribution in [3.63, 3.8) is 0 Å². The van der Waals surface area contributed by atoms with Gasteiger partial charge in [-0.05, 0) is 17.7 Å². The predicted molar refractivity (Wildman–Crippen MR) is 75.4 cm³/mol. The molecule has 0 fully saturated rings. The highest BCUT2D eigenvalue weighted by atomic mass is 79.9. The zero-order valence-corrected chi connectivity index (χ0v) is 12.6. The summed E-state index contributed by atoms with van der Waals surface area (Å²) in [6.45, 7) is 3.78. The predicted octanol–water partition coefficient (Wildman–Crippen LogP) is 2.24. The molecular weight excluding hydrogens is 312 g/mol. The average Bonchev–Trinajstić information content (AvgIpc) is 2.34. The molecule has 0 aliphatic rings. The Morgan fingerprint density at radius 3 is 1.74 bits per heavy atom. The number of anilines is 1. The molecule has 1 rings (SSSR count). The molecule has 1 aromatic rings. The van der Waals surface area contributed by atoms with E-state index in [2.05, 4.69) is 15.9 Å². The van der Waals surface area contributed by atoms with Crippen molar-refractivity contribution in [2.24, 2.45) is 0 Å². The zero-order chi connectivity index (χ0) is 14.6. The number of nitrogens with zero attached hydrogens (tertiary/aromatic N) is 2.